The molecule has 1 saturated heterocycles. The number of hydrogen-bond donors (Lipinski definition) is 0. The predicted molar refractivity (Wildman–Crippen MR) is 86.4 cm³/mol. The monoisotopic (exact) mass is 318 g/mol. The fourth-order valence-corrected chi connectivity index (χ4v) is 3.33. The number of rotatable bonds is 4. The van der Waals surface area contributed by atoms with Gasteiger partial charge in [0.15, 0.2) is 0 Å². The Kier molecular flexibility index (Phi) is 4.11. The molecule has 1 atom stereocenters. The van der Waals surface area contributed by atoms with Crippen molar-refractivity contribution in [3.63, 3.8) is 0 Å². The third kappa shape index (κ3) is 2.83. The summed E-state index contributed by atoms with van der Waals surface area (Å²) in [6, 6.07) is 9.56. The molecule has 0 saturated carbocycles. The molecule has 0 spiro atoms. The second kappa shape index (κ2) is 6.04. The van der Waals surface area contributed by atoms with Crippen LogP contribution in [0.15, 0.2) is 34.7 Å². The fraction of sp³-hybridized carbons (Fsp3) is 0.375. The quantitative estimate of drug-likeness (QED) is 0.869. The van der Waals surface area contributed by atoms with Gasteiger partial charge in [-0.2, -0.15) is 0 Å². The van der Waals surface area contributed by atoms with E-state index in [1.165, 1.54) is 11.8 Å². The Balaban J connectivity index is 1.71. The average Bonchev–Trinajstić information content (AvgIpc) is 3.12. The SMILES string of the molecule is CC(c1cc2ccccc2o1)N(C)C(=O)CN1CSCC1=O. The molecule has 1 aliphatic heterocycles. The van der Waals surface area contributed by atoms with Crippen molar-refractivity contribution in [3.8, 4) is 0 Å². The predicted octanol–water partition coefficient (Wildman–Crippen LogP) is 2.49. The molecular formula is C16H18N2O3S. The highest BCUT2D eigenvalue weighted by Crippen LogP contribution is 2.27. The first-order chi connectivity index (χ1) is 10.6. The van der Waals surface area contributed by atoms with Crippen molar-refractivity contribution in [1.82, 2.24) is 9.80 Å². The van der Waals surface area contributed by atoms with Crippen LogP contribution in [0.5, 0.6) is 0 Å². The lowest BCUT2D eigenvalue weighted by Gasteiger charge is -2.25. The topological polar surface area (TPSA) is 53.8 Å². The van der Waals surface area contributed by atoms with E-state index in [-0.39, 0.29) is 24.4 Å². The van der Waals surface area contributed by atoms with E-state index in [4.69, 9.17) is 4.42 Å². The maximum atomic E-state index is 12.4. The number of likely N-dealkylation sites (N-methyl/N-ethyl adjacent to an activating group) is 1. The van der Waals surface area contributed by atoms with E-state index in [1.807, 2.05) is 37.3 Å². The molecule has 0 aliphatic carbocycles. The Labute approximate surface area is 133 Å². The highest BCUT2D eigenvalue weighted by atomic mass is 32.2. The second-order valence-electron chi connectivity index (χ2n) is 5.44. The van der Waals surface area contributed by atoms with E-state index in [0.29, 0.717) is 11.6 Å². The van der Waals surface area contributed by atoms with E-state index in [1.54, 1.807) is 16.8 Å². The molecule has 6 heteroatoms. The van der Waals surface area contributed by atoms with Gasteiger partial charge in [-0.1, -0.05) is 18.2 Å². The maximum Gasteiger partial charge on any atom is 0.242 e. The van der Waals surface area contributed by atoms with Crippen LogP contribution in [0, 0.1) is 0 Å². The molecule has 22 heavy (non-hydrogen) atoms. The average molecular weight is 318 g/mol. The third-order valence-corrected chi connectivity index (χ3v) is 4.93. The Morgan fingerprint density at radius 2 is 2.23 bits per heavy atom. The zero-order valence-corrected chi connectivity index (χ0v) is 13.4. The van der Waals surface area contributed by atoms with Crippen LogP contribution in [0.4, 0.5) is 0 Å². The van der Waals surface area contributed by atoms with Crippen molar-refractivity contribution in [3.05, 3.63) is 36.1 Å². The summed E-state index contributed by atoms with van der Waals surface area (Å²) < 4.78 is 5.81. The summed E-state index contributed by atoms with van der Waals surface area (Å²) >= 11 is 1.54. The maximum absolute atomic E-state index is 12.4. The molecule has 3 rings (SSSR count). The number of carbonyl (C=O) groups excluding carboxylic acids is 2. The summed E-state index contributed by atoms with van der Waals surface area (Å²) in [5, 5.41) is 1.02. The molecule has 2 amide bonds. The van der Waals surface area contributed by atoms with Gasteiger partial charge in [-0.15, -0.1) is 11.8 Å². The molecule has 5 nitrogen and oxygen atoms in total. The van der Waals surface area contributed by atoms with Crippen LogP contribution < -0.4 is 0 Å². The van der Waals surface area contributed by atoms with Crippen molar-refractivity contribution in [1.29, 1.82) is 0 Å². The van der Waals surface area contributed by atoms with E-state index < -0.39 is 0 Å². The standard InChI is InChI=1S/C16H18N2O3S/c1-11(14-7-12-5-3-4-6-13(12)21-14)17(2)15(19)8-18-10-22-9-16(18)20/h3-7,11H,8-10H2,1-2H3. The van der Waals surface area contributed by atoms with Gasteiger partial charge in [0.05, 0.1) is 17.7 Å². The second-order valence-corrected chi connectivity index (χ2v) is 6.39. The van der Waals surface area contributed by atoms with Crippen molar-refractivity contribution in [2.24, 2.45) is 0 Å². The first-order valence-electron chi connectivity index (χ1n) is 7.16. The van der Waals surface area contributed by atoms with Gasteiger partial charge in [-0.05, 0) is 19.1 Å². The number of fused-ring (bicyclic) bond motifs is 1. The highest BCUT2D eigenvalue weighted by molar-refractivity contribution is 8.00. The number of thioether (sulfide) groups is 1. The summed E-state index contributed by atoms with van der Waals surface area (Å²) in [6.07, 6.45) is 0. The summed E-state index contributed by atoms with van der Waals surface area (Å²) in [5.41, 5.74) is 0.816. The lowest BCUT2D eigenvalue weighted by Crippen LogP contribution is -2.40. The van der Waals surface area contributed by atoms with Crippen LogP contribution in [0.2, 0.25) is 0 Å². The van der Waals surface area contributed by atoms with E-state index in [9.17, 15) is 9.59 Å². The number of para-hydroxylation sites is 1. The largest absolute Gasteiger partial charge is 0.459 e. The van der Waals surface area contributed by atoms with Gasteiger partial charge in [0.1, 0.15) is 17.9 Å². The van der Waals surface area contributed by atoms with E-state index in [2.05, 4.69) is 0 Å². The van der Waals surface area contributed by atoms with Gasteiger partial charge in [0.25, 0.3) is 0 Å². The van der Waals surface area contributed by atoms with Crippen molar-refractivity contribution in [2.45, 2.75) is 13.0 Å². The number of carbonyl (C=O) groups is 2. The number of benzene rings is 1. The lowest BCUT2D eigenvalue weighted by molar-refractivity contribution is -0.138. The first kappa shape index (κ1) is 15.0. The van der Waals surface area contributed by atoms with Crippen LogP contribution in [0.3, 0.4) is 0 Å². The summed E-state index contributed by atoms with van der Waals surface area (Å²) in [7, 11) is 1.74. The Morgan fingerprint density at radius 3 is 2.91 bits per heavy atom. The van der Waals surface area contributed by atoms with E-state index >= 15 is 0 Å². The van der Waals surface area contributed by atoms with Crippen LogP contribution in [-0.4, -0.2) is 46.8 Å². The van der Waals surface area contributed by atoms with Gasteiger partial charge in [0.2, 0.25) is 11.8 Å². The minimum atomic E-state index is -0.176. The minimum Gasteiger partial charge on any atom is -0.459 e. The lowest BCUT2D eigenvalue weighted by atomic mass is 10.2. The number of nitrogens with zero attached hydrogens (tertiary/aromatic N) is 2. The van der Waals surface area contributed by atoms with Crippen molar-refractivity contribution >= 4 is 34.5 Å². The zero-order chi connectivity index (χ0) is 15.7. The molecule has 2 aromatic rings. The van der Waals surface area contributed by atoms with Crippen LogP contribution in [0.25, 0.3) is 11.0 Å². The zero-order valence-electron chi connectivity index (χ0n) is 12.6. The molecule has 1 aromatic heterocycles. The molecule has 1 aromatic carbocycles. The molecule has 1 aliphatic rings. The summed E-state index contributed by atoms with van der Waals surface area (Å²) in [5.74, 6) is 1.76. The van der Waals surface area contributed by atoms with Gasteiger partial charge >= 0.3 is 0 Å². The normalized spacial score (nSPS) is 16.3. The molecule has 2 heterocycles. The van der Waals surface area contributed by atoms with Gasteiger partial charge in [-0.3, -0.25) is 9.59 Å². The van der Waals surface area contributed by atoms with E-state index in [0.717, 1.165) is 16.7 Å². The smallest absolute Gasteiger partial charge is 0.242 e. The molecule has 1 fully saturated rings. The van der Waals surface area contributed by atoms with Crippen molar-refractivity contribution < 1.29 is 14.0 Å². The fourth-order valence-electron chi connectivity index (χ4n) is 2.43. The number of amides is 2. The highest BCUT2D eigenvalue weighted by Gasteiger charge is 2.27. The molecule has 0 bridgehead atoms. The number of hydrogen-bond acceptors (Lipinski definition) is 4. The first-order valence-corrected chi connectivity index (χ1v) is 8.31. The third-order valence-electron chi connectivity index (χ3n) is 3.98. The minimum absolute atomic E-state index is 0.0307. The van der Waals surface area contributed by atoms with Gasteiger partial charge < -0.3 is 14.2 Å². The summed E-state index contributed by atoms with van der Waals surface area (Å²) in [6.45, 7) is 2.06. The van der Waals surface area contributed by atoms with Gasteiger partial charge in [0, 0.05) is 12.4 Å². The van der Waals surface area contributed by atoms with Crippen LogP contribution in [0.1, 0.15) is 18.7 Å². The number of furan rings is 1. The van der Waals surface area contributed by atoms with Crippen LogP contribution >= 0.6 is 11.8 Å². The van der Waals surface area contributed by atoms with Gasteiger partial charge in [-0.25, -0.2) is 0 Å². The molecular weight excluding hydrogens is 300 g/mol. The van der Waals surface area contributed by atoms with Crippen molar-refractivity contribution in [2.75, 3.05) is 25.2 Å². The Bertz CT molecular complexity index is 679. The Morgan fingerprint density at radius 1 is 1.45 bits per heavy atom. The molecule has 116 valence electrons. The Hall–Kier alpha value is -1.95. The summed E-state index contributed by atoms with van der Waals surface area (Å²) in [4.78, 5) is 27.2. The molecule has 0 radical (unpaired) electrons. The molecule has 0 N–H and O–H groups in total. The molecule has 1 unspecified atom stereocenters. The van der Waals surface area contributed by atoms with Crippen LogP contribution in [-0.2, 0) is 9.59 Å².